The van der Waals surface area contributed by atoms with Crippen LogP contribution < -0.4 is 4.40 Å². The third-order valence-corrected chi connectivity index (χ3v) is 18.0. The van der Waals surface area contributed by atoms with Gasteiger partial charge in [0.25, 0.3) is 0 Å². The molecule has 0 aliphatic carbocycles. The number of aromatic nitrogens is 3. The first-order valence-corrected chi connectivity index (χ1v) is 30.3. The van der Waals surface area contributed by atoms with E-state index < -0.39 is 19.2 Å². The van der Waals surface area contributed by atoms with Crippen LogP contribution in [0.2, 0.25) is 17.3 Å². The minimum atomic E-state index is -2.13. The quantitative estimate of drug-likeness (QED) is 0.123. The van der Waals surface area contributed by atoms with E-state index in [2.05, 4.69) is 210 Å². The van der Waals surface area contributed by atoms with Gasteiger partial charge in [-0.2, -0.15) is 11.3 Å². The Morgan fingerprint density at radius 1 is 0.766 bits per heavy atom. The van der Waals surface area contributed by atoms with Gasteiger partial charge < -0.3 is 4.57 Å². The molecule has 3 heterocycles. The number of hydrogen-bond acceptors (Lipinski definition) is 3. The SMILES string of the molecule is Cc1ccc2c(c1)sc1c(-c3nc4cc5ccccc5cc4n3-c3cccc4ccccc34)[c-]cc(C)c12.[2H]C(C)(c1cc(-c2[c-]ccc(C(C)(C)C)c2)nc[c]1[Ge]([CH3])([CH3])[CH3])C(C)C.[Ir]. The van der Waals surface area contributed by atoms with Gasteiger partial charge in [-0.15, -0.1) is 17.7 Å². The number of benzene rings is 7. The van der Waals surface area contributed by atoms with E-state index in [9.17, 15) is 0 Å². The fourth-order valence-corrected chi connectivity index (χ4v) is 13.3. The Morgan fingerprint density at radius 2 is 1.47 bits per heavy atom. The van der Waals surface area contributed by atoms with Crippen LogP contribution in [0, 0.1) is 31.9 Å². The summed E-state index contributed by atoms with van der Waals surface area (Å²) in [6.45, 7) is 17.3. The van der Waals surface area contributed by atoms with Crippen LogP contribution in [0.15, 0.2) is 134 Å². The van der Waals surface area contributed by atoms with Crippen LogP contribution in [-0.2, 0) is 25.5 Å². The number of nitrogens with zero attached hydrogens (tertiary/aromatic N) is 3. The summed E-state index contributed by atoms with van der Waals surface area (Å²) in [6, 6.07) is 52.6. The van der Waals surface area contributed by atoms with Crippen molar-refractivity contribution in [2.45, 2.75) is 84.0 Å². The van der Waals surface area contributed by atoms with E-state index in [-0.39, 0.29) is 31.4 Å². The number of rotatable bonds is 6. The summed E-state index contributed by atoms with van der Waals surface area (Å²) in [5.41, 5.74) is 11.3. The molecule has 10 rings (SSSR count). The second kappa shape index (κ2) is 17.8. The molecule has 3 nitrogen and oxygen atoms in total. The Bertz CT molecular complexity index is 3400. The second-order valence-electron chi connectivity index (χ2n) is 19.6. The zero-order valence-corrected chi connectivity index (χ0v) is 44.2. The predicted octanol–water partition coefficient (Wildman–Crippen LogP) is 15.9. The van der Waals surface area contributed by atoms with E-state index in [0.29, 0.717) is 0 Å². The second-order valence-corrected chi connectivity index (χ2v) is 31.2. The molecule has 325 valence electrons. The van der Waals surface area contributed by atoms with Gasteiger partial charge in [-0.1, -0.05) is 90.7 Å². The summed E-state index contributed by atoms with van der Waals surface area (Å²) in [7, 11) is 0. The van der Waals surface area contributed by atoms with Gasteiger partial charge in [0.15, 0.2) is 0 Å². The van der Waals surface area contributed by atoms with Crippen molar-refractivity contribution in [1.82, 2.24) is 14.5 Å². The third kappa shape index (κ3) is 8.65. The topological polar surface area (TPSA) is 30.7 Å². The molecule has 0 aliphatic heterocycles. The Balaban J connectivity index is 0.000000189. The standard InChI is InChI=1S/C35H23N2S.C23H34GeN.Ir/c1-21-14-16-27-32(18-21)38-34-28(17-15-22(2)33(27)34)35-36-29-19-24-9-3-4-10-25(24)20-31(29)37(35)30-13-7-11-23-8-5-6-12-26(23)30;1-16(2)17(3)20-14-22(25-15-21(20)24(7,8)9)18-11-10-12-19(13-18)23(4,5)6;/h3-16,18-20H,1-2H3;10,12-17H,1-9H3;/q2*-1;/i;17D;. The van der Waals surface area contributed by atoms with Gasteiger partial charge in [0.05, 0.1) is 16.9 Å². The third-order valence-electron chi connectivity index (χ3n) is 12.6. The number of thiophene rings is 1. The van der Waals surface area contributed by atoms with Crippen molar-refractivity contribution in [2.75, 3.05) is 0 Å². The number of aryl methyl sites for hydroxylation is 2. The van der Waals surface area contributed by atoms with Gasteiger partial charge in [-0.05, 0) is 63.0 Å². The molecule has 10 aromatic rings. The zero-order valence-electron chi connectivity index (χ0n) is 39.9. The number of hydrogen-bond donors (Lipinski definition) is 0. The zero-order chi connectivity index (χ0) is 45.3. The van der Waals surface area contributed by atoms with Crippen molar-refractivity contribution in [2.24, 2.45) is 5.92 Å². The smallest absolute Gasteiger partial charge is 0 e. The molecule has 3 aromatic heterocycles. The number of fused-ring (bicyclic) bond motifs is 6. The molecule has 64 heavy (non-hydrogen) atoms. The van der Waals surface area contributed by atoms with E-state index >= 15 is 0 Å². The van der Waals surface area contributed by atoms with Crippen LogP contribution in [-0.4, -0.2) is 27.8 Å². The van der Waals surface area contributed by atoms with E-state index in [1.807, 2.05) is 24.3 Å². The molecule has 6 heteroatoms. The average Bonchev–Trinajstić information content (AvgIpc) is 3.83. The van der Waals surface area contributed by atoms with E-state index in [1.54, 1.807) is 0 Å². The molecule has 0 saturated heterocycles. The molecule has 1 radical (unpaired) electrons. The summed E-state index contributed by atoms with van der Waals surface area (Å²) < 4.78 is 15.3. The van der Waals surface area contributed by atoms with Crippen molar-refractivity contribution in [1.29, 1.82) is 0 Å². The molecule has 1 unspecified atom stereocenters. The molecule has 0 aliphatic rings. The van der Waals surface area contributed by atoms with Crippen LogP contribution in [0.3, 0.4) is 0 Å². The maximum Gasteiger partial charge on any atom is 0 e. The molecule has 0 N–H and O–H groups in total. The predicted molar refractivity (Wildman–Crippen MR) is 276 cm³/mol. The van der Waals surface area contributed by atoms with Gasteiger partial charge in [-0.25, -0.2) is 0 Å². The van der Waals surface area contributed by atoms with Gasteiger partial charge in [0, 0.05) is 35.9 Å². The minimum absolute atomic E-state index is 0. The van der Waals surface area contributed by atoms with E-state index in [1.165, 1.54) is 62.8 Å². The number of pyridine rings is 1. The molecular weight excluding hydrogens is 1040 g/mol. The minimum Gasteiger partial charge on any atom is 0 e. The van der Waals surface area contributed by atoms with Crippen molar-refractivity contribution >= 4 is 81.7 Å². The molecular formula is C58H57GeIrN3S-2. The molecule has 1 atom stereocenters. The molecule has 0 bridgehead atoms. The first-order chi connectivity index (χ1) is 30.4. The summed E-state index contributed by atoms with van der Waals surface area (Å²) >= 11 is -0.284. The van der Waals surface area contributed by atoms with Crippen LogP contribution >= 0.6 is 11.3 Å². The Hall–Kier alpha value is -4.91. The van der Waals surface area contributed by atoms with Crippen molar-refractivity contribution in [3.63, 3.8) is 0 Å². The Kier molecular flexibility index (Phi) is 12.3. The van der Waals surface area contributed by atoms with Gasteiger partial charge in [-0.3, -0.25) is 4.98 Å². The van der Waals surface area contributed by atoms with Crippen LogP contribution in [0.25, 0.3) is 81.1 Å². The summed E-state index contributed by atoms with van der Waals surface area (Å²) in [5.74, 6) is 7.69. The maximum atomic E-state index is 9.04. The van der Waals surface area contributed by atoms with E-state index in [0.717, 1.165) is 44.9 Å². The van der Waals surface area contributed by atoms with Crippen LogP contribution in [0.4, 0.5) is 0 Å². The fourth-order valence-electron chi connectivity index (χ4n) is 8.75. The van der Waals surface area contributed by atoms with Crippen molar-refractivity contribution in [3.8, 4) is 28.3 Å². The molecule has 0 amide bonds. The van der Waals surface area contributed by atoms with Crippen molar-refractivity contribution in [3.05, 3.63) is 168 Å². The summed E-state index contributed by atoms with van der Waals surface area (Å²) in [4.78, 5) is 10.1. The monoisotopic (exact) mass is 1100 g/mol. The van der Waals surface area contributed by atoms with E-state index in [4.69, 9.17) is 11.3 Å². The Morgan fingerprint density at radius 3 is 2.19 bits per heavy atom. The van der Waals surface area contributed by atoms with Crippen molar-refractivity contribution < 1.29 is 21.5 Å². The first-order valence-electron chi connectivity index (χ1n) is 22.7. The molecule has 0 fully saturated rings. The molecule has 7 aromatic carbocycles. The fraction of sp³-hybridized carbons (Fsp3) is 0.241. The first kappa shape index (κ1) is 44.3. The normalized spacial score (nSPS) is 13.3. The number of imidazole rings is 1. The molecule has 0 saturated carbocycles. The van der Waals surface area contributed by atoms with Gasteiger partial charge >= 0.3 is 159 Å². The van der Waals surface area contributed by atoms with Crippen LogP contribution in [0.5, 0.6) is 0 Å². The average molecular weight is 1090 g/mol. The maximum absolute atomic E-state index is 9.04. The largest absolute Gasteiger partial charge is 0 e. The molecule has 0 spiro atoms. The Labute approximate surface area is 401 Å². The summed E-state index contributed by atoms with van der Waals surface area (Å²) in [6.07, 6.45) is 2.05. The van der Waals surface area contributed by atoms with Gasteiger partial charge in [0.2, 0.25) is 0 Å². The van der Waals surface area contributed by atoms with Gasteiger partial charge in [0.1, 0.15) is 0 Å². The van der Waals surface area contributed by atoms with Crippen LogP contribution in [0.1, 0.15) is 71.1 Å². The summed E-state index contributed by atoms with van der Waals surface area (Å²) in [5, 5.41) is 7.45.